The van der Waals surface area contributed by atoms with E-state index >= 15 is 0 Å². The van der Waals surface area contributed by atoms with Crippen molar-refractivity contribution in [2.24, 2.45) is 0 Å². The molecule has 32 heavy (non-hydrogen) atoms. The molecule has 1 amide bonds. The molecule has 5 rings (SSSR count). The molecule has 0 aliphatic carbocycles. The van der Waals surface area contributed by atoms with Gasteiger partial charge < -0.3 is 4.90 Å². The fourth-order valence-corrected chi connectivity index (χ4v) is 4.31. The van der Waals surface area contributed by atoms with E-state index in [1.54, 1.807) is 36.2 Å². The van der Waals surface area contributed by atoms with Crippen LogP contribution in [-0.2, 0) is 6.18 Å². The van der Waals surface area contributed by atoms with Gasteiger partial charge in [-0.15, -0.1) is 0 Å². The van der Waals surface area contributed by atoms with E-state index in [1.807, 2.05) is 12.1 Å². The molecular formula is C23H20F3N5O. The van der Waals surface area contributed by atoms with Gasteiger partial charge in [0.25, 0.3) is 5.91 Å². The number of aryl methyl sites for hydroxylation is 1. The minimum atomic E-state index is -4.56. The van der Waals surface area contributed by atoms with Crippen molar-refractivity contribution in [3.8, 4) is 0 Å². The molecule has 1 saturated heterocycles. The number of aromatic nitrogens is 4. The van der Waals surface area contributed by atoms with Crippen molar-refractivity contribution in [1.29, 1.82) is 0 Å². The van der Waals surface area contributed by atoms with Gasteiger partial charge in [-0.3, -0.25) is 9.78 Å². The van der Waals surface area contributed by atoms with Gasteiger partial charge in [0.1, 0.15) is 5.69 Å². The zero-order chi connectivity index (χ0) is 22.5. The summed E-state index contributed by atoms with van der Waals surface area (Å²) in [5.74, 6) is -0.422. The lowest BCUT2D eigenvalue weighted by Crippen LogP contribution is -2.39. The molecule has 3 aromatic heterocycles. The number of alkyl halides is 3. The van der Waals surface area contributed by atoms with E-state index in [2.05, 4.69) is 15.1 Å². The van der Waals surface area contributed by atoms with Crippen LogP contribution in [0.4, 0.5) is 13.2 Å². The van der Waals surface area contributed by atoms with Crippen LogP contribution < -0.4 is 0 Å². The Balaban J connectivity index is 1.45. The molecule has 0 N–H and O–H groups in total. The number of hydrogen-bond donors (Lipinski definition) is 0. The fourth-order valence-electron chi connectivity index (χ4n) is 4.31. The van der Waals surface area contributed by atoms with E-state index < -0.39 is 11.9 Å². The SMILES string of the molecule is Cc1cc2nc(C3CCCN(C(=O)c4ccc5ncccc5c4)C3)cc(C(F)(F)F)n2n1. The maximum atomic E-state index is 13.7. The van der Waals surface area contributed by atoms with Gasteiger partial charge in [0.05, 0.1) is 11.2 Å². The maximum Gasteiger partial charge on any atom is 0.433 e. The summed E-state index contributed by atoms with van der Waals surface area (Å²) in [5, 5.41) is 4.80. The number of carbonyl (C=O) groups excluding carboxylic acids is 1. The highest BCUT2D eigenvalue weighted by atomic mass is 19.4. The van der Waals surface area contributed by atoms with Gasteiger partial charge >= 0.3 is 6.18 Å². The second-order valence-electron chi connectivity index (χ2n) is 8.12. The first-order valence-electron chi connectivity index (χ1n) is 10.4. The van der Waals surface area contributed by atoms with Crippen molar-refractivity contribution in [2.75, 3.05) is 13.1 Å². The van der Waals surface area contributed by atoms with Gasteiger partial charge in [0.15, 0.2) is 5.65 Å². The van der Waals surface area contributed by atoms with Gasteiger partial charge in [0, 0.05) is 47.9 Å². The van der Waals surface area contributed by atoms with E-state index in [0.29, 0.717) is 42.9 Å². The van der Waals surface area contributed by atoms with E-state index in [1.165, 1.54) is 6.07 Å². The van der Waals surface area contributed by atoms with Crippen LogP contribution in [0.3, 0.4) is 0 Å². The number of benzene rings is 1. The lowest BCUT2D eigenvalue weighted by molar-refractivity contribution is -0.142. The molecule has 0 radical (unpaired) electrons. The Morgan fingerprint density at radius 2 is 2.00 bits per heavy atom. The lowest BCUT2D eigenvalue weighted by Gasteiger charge is -2.33. The van der Waals surface area contributed by atoms with Gasteiger partial charge in [-0.1, -0.05) is 6.07 Å². The number of piperidine rings is 1. The summed E-state index contributed by atoms with van der Waals surface area (Å²) in [4.78, 5) is 23.6. The van der Waals surface area contributed by atoms with E-state index in [0.717, 1.165) is 21.5 Å². The van der Waals surface area contributed by atoms with Crippen molar-refractivity contribution in [2.45, 2.75) is 31.9 Å². The van der Waals surface area contributed by atoms with E-state index in [-0.39, 0.29) is 17.5 Å². The zero-order valence-corrected chi connectivity index (χ0v) is 17.3. The number of fused-ring (bicyclic) bond motifs is 2. The minimum absolute atomic E-state index is 0.141. The molecule has 1 atom stereocenters. The molecule has 6 nitrogen and oxygen atoms in total. The largest absolute Gasteiger partial charge is 0.433 e. The first-order valence-corrected chi connectivity index (χ1v) is 10.4. The lowest BCUT2D eigenvalue weighted by atomic mass is 9.93. The van der Waals surface area contributed by atoms with Gasteiger partial charge in [0.2, 0.25) is 0 Å². The van der Waals surface area contributed by atoms with Crippen molar-refractivity contribution in [1.82, 2.24) is 24.5 Å². The van der Waals surface area contributed by atoms with Crippen LogP contribution >= 0.6 is 0 Å². The summed E-state index contributed by atoms with van der Waals surface area (Å²) in [7, 11) is 0. The summed E-state index contributed by atoms with van der Waals surface area (Å²) in [6.07, 6.45) is -1.51. The average molecular weight is 439 g/mol. The molecule has 9 heteroatoms. The second kappa shape index (κ2) is 7.58. The van der Waals surface area contributed by atoms with E-state index in [9.17, 15) is 18.0 Å². The number of pyridine rings is 1. The number of rotatable bonds is 2. The molecule has 0 spiro atoms. The van der Waals surface area contributed by atoms with E-state index in [4.69, 9.17) is 0 Å². The zero-order valence-electron chi connectivity index (χ0n) is 17.3. The highest BCUT2D eigenvalue weighted by Gasteiger charge is 2.36. The Morgan fingerprint density at radius 3 is 2.81 bits per heavy atom. The molecule has 4 heterocycles. The highest BCUT2D eigenvalue weighted by molar-refractivity contribution is 5.98. The van der Waals surface area contributed by atoms with Crippen molar-refractivity contribution in [3.05, 3.63) is 71.3 Å². The standard InChI is InChI=1S/C23H20F3N5O/c1-14-10-21-28-19(12-20(23(24,25)26)31(21)29-14)17-5-3-9-30(13-17)22(32)16-6-7-18-15(11-16)4-2-8-27-18/h2,4,6-8,10-12,17H,3,5,9,13H2,1H3. The van der Waals surface area contributed by atoms with Crippen LogP contribution in [0.5, 0.6) is 0 Å². The maximum absolute atomic E-state index is 13.7. The predicted molar refractivity (Wildman–Crippen MR) is 112 cm³/mol. The van der Waals surface area contributed by atoms with Gasteiger partial charge in [-0.25, -0.2) is 9.50 Å². The quantitative estimate of drug-likeness (QED) is 0.457. The Kier molecular flexibility index (Phi) is 4.83. The second-order valence-corrected chi connectivity index (χ2v) is 8.12. The fraction of sp³-hybridized carbons (Fsp3) is 0.304. The van der Waals surface area contributed by atoms with Crippen molar-refractivity contribution >= 4 is 22.5 Å². The molecule has 4 aromatic rings. The third-order valence-electron chi connectivity index (χ3n) is 5.84. The summed E-state index contributed by atoms with van der Waals surface area (Å²) in [6, 6.07) is 11.7. The van der Waals surface area contributed by atoms with Crippen LogP contribution in [0.2, 0.25) is 0 Å². The Bertz CT molecular complexity index is 1330. The van der Waals surface area contributed by atoms with Gasteiger partial charge in [-0.2, -0.15) is 18.3 Å². The van der Waals surface area contributed by atoms with Crippen LogP contribution in [0.1, 0.15) is 46.2 Å². The normalized spacial score (nSPS) is 17.2. The molecule has 1 aromatic carbocycles. The number of amides is 1. The Labute approximate surface area is 181 Å². The molecule has 1 aliphatic rings. The van der Waals surface area contributed by atoms with Gasteiger partial charge in [-0.05, 0) is 50.1 Å². The number of likely N-dealkylation sites (tertiary alicyclic amines) is 1. The summed E-state index contributed by atoms with van der Waals surface area (Å²) < 4.78 is 41.9. The third kappa shape index (κ3) is 3.68. The summed E-state index contributed by atoms with van der Waals surface area (Å²) in [6.45, 7) is 2.51. The Morgan fingerprint density at radius 1 is 1.16 bits per heavy atom. The summed E-state index contributed by atoms with van der Waals surface area (Å²) >= 11 is 0. The molecule has 1 aliphatic heterocycles. The number of hydrogen-bond acceptors (Lipinski definition) is 4. The van der Waals surface area contributed by atoms with Crippen molar-refractivity contribution in [3.63, 3.8) is 0 Å². The first kappa shape index (κ1) is 20.4. The topological polar surface area (TPSA) is 63.4 Å². The minimum Gasteiger partial charge on any atom is -0.338 e. The Hall–Kier alpha value is -3.49. The van der Waals surface area contributed by atoms with Crippen LogP contribution in [-0.4, -0.2) is 43.5 Å². The van der Waals surface area contributed by atoms with Crippen molar-refractivity contribution < 1.29 is 18.0 Å². The average Bonchev–Trinajstić information content (AvgIpc) is 3.17. The highest BCUT2D eigenvalue weighted by Crippen LogP contribution is 2.34. The summed E-state index contributed by atoms with van der Waals surface area (Å²) in [5.41, 5.74) is 1.45. The monoisotopic (exact) mass is 439 g/mol. The molecule has 0 saturated carbocycles. The number of halogens is 3. The first-order chi connectivity index (χ1) is 15.3. The van der Waals surface area contributed by atoms with Crippen LogP contribution in [0.15, 0.2) is 48.7 Å². The third-order valence-corrected chi connectivity index (χ3v) is 5.84. The predicted octanol–water partition coefficient (Wildman–Crippen LogP) is 4.62. The number of nitrogens with zero attached hydrogens (tertiary/aromatic N) is 5. The van der Waals surface area contributed by atoms with Crippen LogP contribution in [0, 0.1) is 6.92 Å². The van der Waals surface area contributed by atoms with Crippen LogP contribution in [0.25, 0.3) is 16.6 Å². The molecule has 164 valence electrons. The molecular weight excluding hydrogens is 419 g/mol. The number of carbonyl (C=O) groups is 1. The molecule has 1 unspecified atom stereocenters. The molecule has 1 fully saturated rings. The smallest absolute Gasteiger partial charge is 0.338 e. The molecule has 0 bridgehead atoms.